The van der Waals surface area contributed by atoms with Gasteiger partial charge in [0, 0.05) is 26.2 Å². The van der Waals surface area contributed by atoms with Gasteiger partial charge in [-0.3, -0.25) is 4.79 Å². The highest BCUT2D eigenvalue weighted by Gasteiger charge is 2.32. The first-order valence-corrected chi connectivity index (χ1v) is 8.41. The van der Waals surface area contributed by atoms with Crippen molar-refractivity contribution in [3.8, 4) is 11.5 Å². The van der Waals surface area contributed by atoms with E-state index in [-0.39, 0.29) is 24.8 Å². The Bertz CT molecular complexity index is 663. The molecule has 0 bridgehead atoms. The average molecular weight is 331 g/mol. The summed E-state index contributed by atoms with van der Waals surface area (Å²) < 4.78 is 10.7. The molecule has 24 heavy (non-hydrogen) atoms. The minimum absolute atomic E-state index is 0.00919. The van der Waals surface area contributed by atoms with Gasteiger partial charge in [0.2, 0.25) is 12.7 Å². The van der Waals surface area contributed by atoms with Gasteiger partial charge in [-0.15, -0.1) is 0 Å². The fourth-order valence-electron chi connectivity index (χ4n) is 3.61. The number of nitrogens with one attached hydrogen (secondary N) is 1. The summed E-state index contributed by atoms with van der Waals surface area (Å²) in [4.78, 5) is 28.2. The number of carbonyl (C=O) groups is 2. The summed E-state index contributed by atoms with van der Waals surface area (Å²) in [5.74, 6) is 1.52. The number of rotatable bonds is 3. The second-order valence-corrected chi connectivity index (χ2v) is 6.43. The molecule has 0 spiro atoms. The Balaban J connectivity index is 1.39. The fraction of sp³-hybridized carbons (Fsp3) is 0.529. The number of hydrogen-bond acceptors (Lipinski definition) is 4. The molecule has 0 unspecified atom stereocenters. The molecular weight excluding hydrogens is 310 g/mol. The first-order valence-electron chi connectivity index (χ1n) is 8.41. The standard InChI is InChI=1S/C17H21N3O4/c21-16(9-12-3-4-14-15(8-12)24-11-23-14)19-6-1-2-13(10-19)20-7-5-18-17(20)22/h3-4,8,13H,1-2,5-7,9-11H2,(H,18,22)/t13-/m0/s1. The first kappa shape index (κ1) is 15.1. The molecule has 0 aromatic heterocycles. The summed E-state index contributed by atoms with van der Waals surface area (Å²) in [5.41, 5.74) is 0.922. The second-order valence-electron chi connectivity index (χ2n) is 6.43. The molecule has 3 heterocycles. The van der Waals surface area contributed by atoms with Crippen LogP contribution in [0.3, 0.4) is 0 Å². The lowest BCUT2D eigenvalue weighted by Gasteiger charge is -2.37. The van der Waals surface area contributed by atoms with Gasteiger partial charge in [0.25, 0.3) is 0 Å². The summed E-state index contributed by atoms with van der Waals surface area (Å²) in [6, 6.07) is 5.74. The van der Waals surface area contributed by atoms with Crippen LogP contribution in [0.2, 0.25) is 0 Å². The first-order chi connectivity index (χ1) is 11.7. The third-order valence-corrected chi connectivity index (χ3v) is 4.87. The summed E-state index contributed by atoms with van der Waals surface area (Å²) in [6.07, 6.45) is 2.23. The molecule has 1 aromatic rings. The van der Waals surface area contributed by atoms with Crippen LogP contribution in [-0.2, 0) is 11.2 Å². The molecule has 2 saturated heterocycles. The van der Waals surface area contributed by atoms with Crippen LogP contribution in [0.5, 0.6) is 11.5 Å². The Morgan fingerprint density at radius 2 is 2.12 bits per heavy atom. The molecule has 3 aliphatic rings. The van der Waals surface area contributed by atoms with E-state index in [0.717, 1.165) is 37.2 Å². The van der Waals surface area contributed by atoms with Crippen molar-refractivity contribution in [2.45, 2.75) is 25.3 Å². The molecule has 0 saturated carbocycles. The van der Waals surface area contributed by atoms with E-state index in [0.29, 0.717) is 25.3 Å². The van der Waals surface area contributed by atoms with Crippen LogP contribution in [0.15, 0.2) is 18.2 Å². The van der Waals surface area contributed by atoms with E-state index >= 15 is 0 Å². The number of hydrogen-bond donors (Lipinski definition) is 1. The lowest BCUT2D eigenvalue weighted by molar-refractivity contribution is -0.132. The number of fused-ring (bicyclic) bond motifs is 1. The molecule has 1 N–H and O–H groups in total. The highest BCUT2D eigenvalue weighted by atomic mass is 16.7. The van der Waals surface area contributed by atoms with Gasteiger partial charge >= 0.3 is 6.03 Å². The molecule has 1 atom stereocenters. The van der Waals surface area contributed by atoms with E-state index in [4.69, 9.17) is 9.47 Å². The van der Waals surface area contributed by atoms with Crippen molar-refractivity contribution in [1.29, 1.82) is 0 Å². The largest absolute Gasteiger partial charge is 0.454 e. The van der Waals surface area contributed by atoms with Crippen molar-refractivity contribution in [3.63, 3.8) is 0 Å². The molecule has 7 nitrogen and oxygen atoms in total. The van der Waals surface area contributed by atoms with Gasteiger partial charge in [0.15, 0.2) is 11.5 Å². The third kappa shape index (κ3) is 2.86. The maximum atomic E-state index is 12.6. The van der Waals surface area contributed by atoms with Crippen LogP contribution in [0, 0.1) is 0 Å². The minimum Gasteiger partial charge on any atom is -0.454 e. The maximum Gasteiger partial charge on any atom is 0.317 e. The summed E-state index contributed by atoms with van der Waals surface area (Å²) in [6.45, 7) is 3.04. The molecular formula is C17H21N3O4. The topological polar surface area (TPSA) is 71.1 Å². The molecule has 0 radical (unpaired) electrons. The Labute approximate surface area is 140 Å². The van der Waals surface area contributed by atoms with Gasteiger partial charge in [-0.2, -0.15) is 0 Å². The monoisotopic (exact) mass is 331 g/mol. The summed E-state index contributed by atoms with van der Waals surface area (Å²) >= 11 is 0. The van der Waals surface area contributed by atoms with Crippen LogP contribution in [0.1, 0.15) is 18.4 Å². The predicted molar refractivity (Wildman–Crippen MR) is 86.0 cm³/mol. The smallest absolute Gasteiger partial charge is 0.317 e. The van der Waals surface area contributed by atoms with E-state index in [2.05, 4.69) is 5.32 Å². The second kappa shape index (κ2) is 6.22. The van der Waals surface area contributed by atoms with Gasteiger partial charge in [-0.25, -0.2) is 4.79 Å². The van der Waals surface area contributed by atoms with Gasteiger partial charge in [-0.1, -0.05) is 6.07 Å². The van der Waals surface area contributed by atoms with Crippen LogP contribution < -0.4 is 14.8 Å². The molecule has 3 aliphatic heterocycles. The van der Waals surface area contributed by atoms with Crippen molar-refractivity contribution in [2.24, 2.45) is 0 Å². The lowest BCUT2D eigenvalue weighted by Crippen LogP contribution is -2.51. The van der Waals surface area contributed by atoms with Crippen LogP contribution in [0.4, 0.5) is 4.79 Å². The van der Waals surface area contributed by atoms with E-state index < -0.39 is 0 Å². The van der Waals surface area contributed by atoms with E-state index in [9.17, 15) is 9.59 Å². The molecule has 3 amide bonds. The number of likely N-dealkylation sites (tertiary alicyclic amines) is 1. The van der Waals surface area contributed by atoms with Crippen molar-refractivity contribution in [2.75, 3.05) is 33.0 Å². The normalized spacial score (nSPS) is 22.7. The molecule has 128 valence electrons. The Hall–Kier alpha value is -2.44. The summed E-state index contributed by atoms with van der Waals surface area (Å²) in [7, 11) is 0. The van der Waals surface area contributed by atoms with Crippen LogP contribution >= 0.6 is 0 Å². The number of benzene rings is 1. The highest BCUT2D eigenvalue weighted by Crippen LogP contribution is 2.32. The van der Waals surface area contributed by atoms with Gasteiger partial charge in [0.05, 0.1) is 12.5 Å². The fourth-order valence-corrected chi connectivity index (χ4v) is 3.61. The highest BCUT2D eigenvalue weighted by molar-refractivity contribution is 5.80. The summed E-state index contributed by atoms with van der Waals surface area (Å²) in [5, 5.41) is 2.83. The Morgan fingerprint density at radius 1 is 1.25 bits per heavy atom. The van der Waals surface area contributed by atoms with Crippen molar-refractivity contribution >= 4 is 11.9 Å². The predicted octanol–water partition coefficient (Wildman–Crippen LogP) is 0.974. The molecule has 1 aromatic carbocycles. The lowest BCUT2D eigenvalue weighted by atomic mass is 10.0. The zero-order valence-corrected chi connectivity index (χ0v) is 13.5. The van der Waals surface area contributed by atoms with E-state index in [1.165, 1.54) is 0 Å². The minimum atomic E-state index is -0.00919. The van der Waals surface area contributed by atoms with Crippen molar-refractivity contribution in [1.82, 2.24) is 15.1 Å². The Morgan fingerprint density at radius 3 is 2.96 bits per heavy atom. The number of carbonyl (C=O) groups excluding carboxylic acids is 2. The molecule has 4 rings (SSSR count). The molecule has 2 fully saturated rings. The maximum absolute atomic E-state index is 12.6. The zero-order chi connectivity index (χ0) is 16.5. The van der Waals surface area contributed by atoms with Crippen molar-refractivity contribution < 1.29 is 19.1 Å². The molecule has 7 heteroatoms. The van der Waals surface area contributed by atoms with E-state index in [1.807, 2.05) is 28.0 Å². The van der Waals surface area contributed by atoms with Gasteiger partial charge in [0.1, 0.15) is 0 Å². The third-order valence-electron chi connectivity index (χ3n) is 4.87. The SMILES string of the molecule is O=C(Cc1ccc2c(c1)OCO2)N1CCC[C@H](N2CCNC2=O)C1. The number of piperidine rings is 1. The quantitative estimate of drug-likeness (QED) is 0.896. The van der Waals surface area contributed by atoms with Crippen LogP contribution in [0.25, 0.3) is 0 Å². The zero-order valence-electron chi connectivity index (χ0n) is 13.5. The van der Waals surface area contributed by atoms with E-state index in [1.54, 1.807) is 0 Å². The average Bonchev–Trinajstić information content (AvgIpc) is 3.23. The van der Waals surface area contributed by atoms with Gasteiger partial charge < -0.3 is 24.6 Å². The Kier molecular flexibility index (Phi) is 3.92. The number of urea groups is 1. The number of amides is 3. The van der Waals surface area contributed by atoms with Crippen LogP contribution in [-0.4, -0.2) is 60.8 Å². The molecule has 0 aliphatic carbocycles. The number of ether oxygens (including phenoxy) is 2. The number of nitrogens with zero attached hydrogens (tertiary/aromatic N) is 2. The van der Waals surface area contributed by atoms with Crippen molar-refractivity contribution in [3.05, 3.63) is 23.8 Å². The van der Waals surface area contributed by atoms with Gasteiger partial charge in [-0.05, 0) is 30.5 Å².